The molecule has 1 N–H and O–H groups in total. The molecular formula is C19H24F2NO4P. The molecule has 3 rings (SSSR count). The second kappa shape index (κ2) is 7.38. The van der Waals surface area contributed by atoms with Gasteiger partial charge in [-0.2, -0.15) is 8.78 Å². The van der Waals surface area contributed by atoms with Gasteiger partial charge in [-0.3, -0.25) is 4.57 Å². The van der Waals surface area contributed by atoms with Crippen molar-refractivity contribution < 1.29 is 27.1 Å². The highest BCUT2D eigenvalue weighted by molar-refractivity contribution is 7.58. The van der Waals surface area contributed by atoms with Crippen molar-refractivity contribution in [2.75, 3.05) is 13.2 Å². The summed E-state index contributed by atoms with van der Waals surface area (Å²) < 4.78 is 55.4. The van der Waals surface area contributed by atoms with Crippen LogP contribution < -0.4 is 10.1 Å². The highest BCUT2D eigenvalue weighted by Gasteiger charge is 2.45. The number of ether oxygens (including phenoxy) is 1. The Balaban J connectivity index is 2.06. The Hall–Kier alpha value is -1.69. The third-order valence-corrected chi connectivity index (χ3v) is 6.64. The summed E-state index contributed by atoms with van der Waals surface area (Å²) in [5.74, 6) is -0.522. The van der Waals surface area contributed by atoms with Crippen molar-refractivity contribution in [2.24, 2.45) is 5.41 Å². The summed E-state index contributed by atoms with van der Waals surface area (Å²) >= 11 is 0. The molecular weight excluding hydrogens is 375 g/mol. The molecule has 0 spiro atoms. The summed E-state index contributed by atoms with van der Waals surface area (Å²) in [7, 11) is -3.60. The molecule has 2 heterocycles. The largest absolute Gasteiger partial charge is 0.435 e. The van der Waals surface area contributed by atoms with Gasteiger partial charge in [-0.15, -0.1) is 0 Å². The monoisotopic (exact) mass is 399 g/mol. The van der Waals surface area contributed by atoms with E-state index in [0.717, 1.165) is 5.70 Å². The van der Waals surface area contributed by atoms with Crippen LogP contribution >= 0.6 is 7.60 Å². The van der Waals surface area contributed by atoms with Gasteiger partial charge in [-0.1, -0.05) is 38.1 Å². The lowest BCUT2D eigenvalue weighted by Crippen LogP contribution is -2.31. The average Bonchev–Trinajstić information content (AvgIpc) is 2.57. The number of halogens is 2. The molecule has 1 aromatic carbocycles. The molecule has 1 fully saturated rings. The van der Waals surface area contributed by atoms with E-state index in [2.05, 4.69) is 5.32 Å². The van der Waals surface area contributed by atoms with Gasteiger partial charge in [0.1, 0.15) is 5.75 Å². The van der Waals surface area contributed by atoms with Crippen LogP contribution in [0.4, 0.5) is 8.78 Å². The standard InChI is InChI=1S/C19H24F2NO4P/c1-12-9-15(14-7-5-6-8-16(14)26-18(20)21)17(13(2)22-12)27(23)24-10-19(3,4)11-25-27/h5-9,15,18,22H,10-11H2,1-4H3. The van der Waals surface area contributed by atoms with E-state index in [1.54, 1.807) is 25.1 Å². The maximum absolute atomic E-state index is 13.5. The van der Waals surface area contributed by atoms with Crippen LogP contribution in [0.3, 0.4) is 0 Å². The molecule has 0 saturated carbocycles. The molecule has 5 nitrogen and oxygen atoms in total. The van der Waals surface area contributed by atoms with E-state index in [9.17, 15) is 13.3 Å². The molecule has 1 saturated heterocycles. The Morgan fingerprint density at radius 3 is 2.48 bits per heavy atom. The number of dihydropyridines is 1. The first-order valence-corrected chi connectivity index (χ1v) is 10.3. The van der Waals surface area contributed by atoms with Crippen molar-refractivity contribution in [3.05, 3.63) is 52.6 Å². The van der Waals surface area contributed by atoms with E-state index < -0.39 is 20.1 Å². The predicted octanol–water partition coefficient (Wildman–Crippen LogP) is 5.38. The molecule has 2 aliphatic heterocycles. The second-order valence-corrected chi connectivity index (χ2v) is 9.58. The minimum absolute atomic E-state index is 0.0395. The number of allylic oxidation sites excluding steroid dienone is 4. The Labute approximate surface area is 157 Å². The molecule has 0 aromatic heterocycles. The van der Waals surface area contributed by atoms with Crippen LogP contribution in [0.2, 0.25) is 0 Å². The van der Waals surface area contributed by atoms with Crippen LogP contribution in [0.5, 0.6) is 5.75 Å². The first-order valence-electron chi connectivity index (χ1n) is 8.71. The van der Waals surface area contributed by atoms with Crippen molar-refractivity contribution in [1.82, 2.24) is 5.32 Å². The van der Waals surface area contributed by atoms with Crippen LogP contribution in [-0.4, -0.2) is 19.8 Å². The average molecular weight is 399 g/mol. The topological polar surface area (TPSA) is 56.8 Å². The second-order valence-electron chi connectivity index (χ2n) is 7.59. The first kappa shape index (κ1) is 20.1. The fraction of sp³-hybridized carbons (Fsp3) is 0.474. The lowest BCUT2D eigenvalue weighted by molar-refractivity contribution is -0.0504. The van der Waals surface area contributed by atoms with Gasteiger partial charge in [-0.05, 0) is 19.9 Å². The third-order valence-electron chi connectivity index (χ3n) is 4.50. The highest BCUT2D eigenvalue weighted by atomic mass is 31.2. The zero-order chi connectivity index (χ0) is 19.8. The summed E-state index contributed by atoms with van der Waals surface area (Å²) in [6.45, 7) is 5.17. The lowest BCUT2D eigenvalue weighted by atomic mass is 9.93. The molecule has 1 aromatic rings. The van der Waals surface area contributed by atoms with Gasteiger partial charge in [0.25, 0.3) is 0 Å². The Morgan fingerprint density at radius 2 is 1.85 bits per heavy atom. The van der Waals surface area contributed by atoms with Crippen LogP contribution in [0, 0.1) is 5.41 Å². The van der Waals surface area contributed by atoms with Crippen molar-refractivity contribution in [2.45, 2.75) is 40.2 Å². The quantitative estimate of drug-likeness (QED) is 0.690. The van der Waals surface area contributed by atoms with E-state index in [4.69, 9.17) is 13.8 Å². The first-order chi connectivity index (χ1) is 12.6. The molecule has 8 heteroatoms. The van der Waals surface area contributed by atoms with Gasteiger partial charge in [0.05, 0.1) is 18.5 Å². The van der Waals surface area contributed by atoms with E-state index in [0.29, 0.717) is 16.6 Å². The maximum atomic E-state index is 13.5. The summed E-state index contributed by atoms with van der Waals surface area (Å²) in [6, 6.07) is 6.51. The van der Waals surface area contributed by atoms with Gasteiger partial charge in [0, 0.05) is 28.3 Å². The van der Waals surface area contributed by atoms with Crippen molar-refractivity contribution in [3.8, 4) is 5.75 Å². The van der Waals surface area contributed by atoms with E-state index in [1.165, 1.54) is 6.07 Å². The number of hydrogen-bond acceptors (Lipinski definition) is 5. The zero-order valence-corrected chi connectivity index (χ0v) is 16.7. The SMILES string of the molecule is CC1=CC(c2ccccc2OC(F)F)C(P2(=O)OCC(C)(C)CO2)=C(C)N1. The number of benzene rings is 1. The molecule has 0 amide bonds. The fourth-order valence-electron chi connectivity index (χ4n) is 3.25. The van der Waals surface area contributed by atoms with Gasteiger partial charge in [-0.25, -0.2) is 0 Å². The number of para-hydroxylation sites is 1. The predicted molar refractivity (Wildman–Crippen MR) is 98.7 cm³/mol. The molecule has 0 aliphatic carbocycles. The lowest BCUT2D eigenvalue weighted by Gasteiger charge is -2.38. The van der Waals surface area contributed by atoms with Gasteiger partial charge in [0.2, 0.25) is 0 Å². The van der Waals surface area contributed by atoms with E-state index in [-0.39, 0.29) is 24.4 Å². The highest BCUT2D eigenvalue weighted by Crippen LogP contribution is 2.65. The van der Waals surface area contributed by atoms with Crippen molar-refractivity contribution >= 4 is 7.60 Å². The summed E-state index contributed by atoms with van der Waals surface area (Å²) in [6.07, 6.45) is 1.82. The summed E-state index contributed by atoms with van der Waals surface area (Å²) in [5, 5.41) is 3.58. The molecule has 148 valence electrons. The Kier molecular flexibility index (Phi) is 5.48. The number of nitrogens with one attached hydrogen (secondary N) is 1. The fourth-order valence-corrected chi connectivity index (χ4v) is 5.67. The van der Waals surface area contributed by atoms with Crippen LogP contribution in [0.15, 0.2) is 47.0 Å². The van der Waals surface area contributed by atoms with Gasteiger partial charge >= 0.3 is 14.2 Å². The summed E-state index contributed by atoms with van der Waals surface area (Å²) in [4.78, 5) is 0. The minimum Gasteiger partial charge on any atom is -0.435 e. The number of rotatable bonds is 4. The van der Waals surface area contributed by atoms with Crippen LogP contribution in [0.1, 0.15) is 39.2 Å². The van der Waals surface area contributed by atoms with Crippen molar-refractivity contribution in [3.63, 3.8) is 0 Å². The van der Waals surface area contributed by atoms with E-state index >= 15 is 0 Å². The molecule has 2 aliphatic rings. The van der Waals surface area contributed by atoms with Crippen LogP contribution in [0.25, 0.3) is 0 Å². The molecule has 1 unspecified atom stereocenters. The zero-order valence-electron chi connectivity index (χ0n) is 15.8. The Morgan fingerprint density at radius 1 is 1.22 bits per heavy atom. The molecule has 1 atom stereocenters. The van der Waals surface area contributed by atoms with E-state index in [1.807, 2.05) is 26.8 Å². The van der Waals surface area contributed by atoms with Gasteiger partial charge in [0.15, 0.2) is 0 Å². The summed E-state index contributed by atoms with van der Waals surface area (Å²) in [5.41, 5.74) is 1.69. The van der Waals surface area contributed by atoms with Gasteiger partial charge < -0.3 is 19.1 Å². The smallest absolute Gasteiger partial charge is 0.387 e. The molecule has 27 heavy (non-hydrogen) atoms. The third kappa shape index (κ3) is 4.26. The normalized spacial score (nSPS) is 24.4. The minimum atomic E-state index is -3.60. The molecule has 0 radical (unpaired) electrons. The van der Waals surface area contributed by atoms with Crippen LogP contribution in [-0.2, 0) is 13.6 Å². The van der Waals surface area contributed by atoms with Crippen molar-refractivity contribution in [1.29, 1.82) is 0 Å². The Bertz CT molecular complexity index is 821. The molecule has 0 bridgehead atoms. The number of alkyl halides is 2. The maximum Gasteiger partial charge on any atom is 0.387 e. The number of hydrogen-bond donors (Lipinski definition) is 1.